The van der Waals surface area contributed by atoms with Crippen LogP contribution in [0.15, 0.2) is 67.3 Å². The van der Waals surface area contributed by atoms with Crippen molar-refractivity contribution in [1.29, 1.82) is 0 Å². The summed E-state index contributed by atoms with van der Waals surface area (Å²) in [5, 5.41) is 4.19. The molecule has 6 heteroatoms. The smallest absolute Gasteiger partial charge is 0.119 e. The summed E-state index contributed by atoms with van der Waals surface area (Å²) in [5.74, 6) is 0.851. The van der Waals surface area contributed by atoms with E-state index in [1.165, 1.54) is 5.56 Å². The van der Waals surface area contributed by atoms with Crippen molar-refractivity contribution in [2.75, 3.05) is 6.54 Å². The van der Waals surface area contributed by atoms with E-state index in [0.717, 1.165) is 42.4 Å². The number of halogens is 2. The molecule has 0 saturated carbocycles. The molecular weight excluding hydrogens is 369 g/mol. The summed E-state index contributed by atoms with van der Waals surface area (Å²) >= 11 is 6.14. The molecule has 1 N–H and O–H groups in total. The van der Waals surface area contributed by atoms with Crippen LogP contribution in [-0.4, -0.2) is 16.1 Å². The fourth-order valence-corrected chi connectivity index (χ4v) is 2.71. The summed E-state index contributed by atoms with van der Waals surface area (Å²) in [6.07, 6.45) is 6.72. The van der Waals surface area contributed by atoms with Crippen LogP contribution >= 0.6 is 24.0 Å². The molecule has 1 heterocycles. The van der Waals surface area contributed by atoms with Crippen molar-refractivity contribution < 1.29 is 4.74 Å². The maximum absolute atomic E-state index is 6.14. The van der Waals surface area contributed by atoms with E-state index in [0.29, 0.717) is 6.61 Å². The highest BCUT2D eigenvalue weighted by Gasteiger charge is 2.01. The van der Waals surface area contributed by atoms with Gasteiger partial charge in [-0.3, -0.25) is 0 Å². The van der Waals surface area contributed by atoms with Gasteiger partial charge in [0.15, 0.2) is 0 Å². The summed E-state index contributed by atoms with van der Waals surface area (Å²) in [6.45, 7) is 3.30. The Balaban J connectivity index is 0.00000243. The summed E-state index contributed by atoms with van der Waals surface area (Å²) in [5.41, 5.74) is 2.24. The number of hydrogen-bond donors (Lipinski definition) is 1. The Bertz CT molecular complexity index is 761. The van der Waals surface area contributed by atoms with Crippen molar-refractivity contribution in [2.45, 2.75) is 26.1 Å². The van der Waals surface area contributed by atoms with E-state index in [1.807, 2.05) is 55.1 Å². The number of rotatable bonds is 9. The molecule has 0 aliphatic rings. The molecule has 2 aromatic carbocycles. The number of nitrogens with zero attached hydrogens (tertiary/aromatic N) is 2. The van der Waals surface area contributed by atoms with Crippen LogP contribution in [0, 0.1) is 0 Å². The maximum Gasteiger partial charge on any atom is 0.119 e. The topological polar surface area (TPSA) is 39.1 Å². The van der Waals surface area contributed by atoms with Gasteiger partial charge in [0.1, 0.15) is 12.4 Å². The van der Waals surface area contributed by atoms with Gasteiger partial charge in [0.05, 0.1) is 6.33 Å². The van der Waals surface area contributed by atoms with Gasteiger partial charge in [-0.25, -0.2) is 4.98 Å². The number of aromatic nitrogens is 2. The molecule has 0 bridgehead atoms. The summed E-state index contributed by atoms with van der Waals surface area (Å²) < 4.78 is 7.89. The van der Waals surface area contributed by atoms with Crippen LogP contribution in [0.1, 0.15) is 17.5 Å². The molecule has 0 aliphatic heterocycles. The first-order valence-electron chi connectivity index (χ1n) is 8.43. The van der Waals surface area contributed by atoms with E-state index in [4.69, 9.17) is 16.3 Å². The van der Waals surface area contributed by atoms with Gasteiger partial charge in [0, 0.05) is 36.1 Å². The third-order valence-corrected chi connectivity index (χ3v) is 4.30. The number of hydrogen-bond acceptors (Lipinski definition) is 3. The minimum absolute atomic E-state index is 0. The number of ether oxygens (including phenoxy) is 1. The lowest BCUT2D eigenvalue weighted by atomic mass is 10.2. The van der Waals surface area contributed by atoms with Crippen LogP contribution in [-0.2, 0) is 19.7 Å². The molecule has 4 nitrogen and oxygen atoms in total. The monoisotopic (exact) mass is 391 g/mol. The molecule has 26 heavy (non-hydrogen) atoms. The number of aryl methyl sites for hydroxylation is 1. The van der Waals surface area contributed by atoms with Crippen LogP contribution in [0.2, 0.25) is 5.02 Å². The lowest BCUT2D eigenvalue weighted by Gasteiger charge is -2.09. The van der Waals surface area contributed by atoms with Crippen LogP contribution in [0.5, 0.6) is 5.75 Å². The Kier molecular flexibility index (Phi) is 8.48. The zero-order valence-electron chi connectivity index (χ0n) is 14.5. The van der Waals surface area contributed by atoms with E-state index in [-0.39, 0.29) is 12.4 Å². The fourth-order valence-electron chi connectivity index (χ4n) is 2.52. The first kappa shape index (κ1) is 20.3. The van der Waals surface area contributed by atoms with Crippen LogP contribution in [0.3, 0.4) is 0 Å². The van der Waals surface area contributed by atoms with Crippen LogP contribution in [0.25, 0.3) is 0 Å². The minimum Gasteiger partial charge on any atom is -0.489 e. The molecule has 0 radical (unpaired) electrons. The van der Waals surface area contributed by atoms with Crippen LogP contribution in [0.4, 0.5) is 0 Å². The van der Waals surface area contributed by atoms with Crippen molar-refractivity contribution in [3.63, 3.8) is 0 Å². The summed E-state index contributed by atoms with van der Waals surface area (Å²) in [6, 6.07) is 15.9. The van der Waals surface area contributed by atoms with Crippen molar-refractivity contribution >= 4 is 24.0 Å². The Morgan fingerprint density at radius 1 is 1.08 bits per heavy atom. The van der Waals surface area contributed by atoms with Crippen molar-refractivity contribution in [3.8, 4) is 5.75 Å². The van der Waals surface area contributed by atoms with E-state index in [9.17, 15) is 0 Å². The lowest BCUT2D eigenvalue weighted by molar-refractivity contribution is 0.306. The van der Waals surface area contributed by atoms with Gasteiger partial charge in [-0.15, -0.1) is 12.4 Å². The Hall–Kier alpha value is -2.01. The van der Waals surface area contributed by atoms with E-state index in [1.54, 1.807) is 0 Å². The average molecular weight is 392 g/mol. The standard InChI is InChI=1S/C20H22ClN3O.ClH/c21-20-5-2-1-4-18(20)15-25-19-8-6-17(7-9-19)14-22-10-3-12-24-13-11-23-16-24;/h1-2,4-9,11,13,16,22H,3,10,12,14-15H2;1H. The summed E-state index contributed by atoms with van der Waals surface area (Å²) in [4.78, 5) is 4.04. The lowest BCUT2D eigenvalue weighted by Crippen LogP contribution is -2.16. The van der Waals surface area contributed by atoms with Crippen molar-refractivity contribution in [2.24, 2.45) is 0 Å². The Morgan fingerprint density at radius 2 is 1.88 bits per heavy atom. The molecule has 3 rings (SSSR count). The third kappa shape index (κ3) is 6.37. The molecule has 3 aromatic rings. The van der Waals surface area contributed by atoms with Crippen molar-refractivity contribution in [3.05, 3.63) is 83.4 Å². The highest BCUT2D eigenvalue weighted by molar-refractivity contribution is 6.31. The normalized spacial score (nSPS) is 10.3. The molecule has 0 amide bonds. The molecule has 0 spiro atoms. The molecule has 0 unspecified atom stereocenters. The van der Waals surface area contributed by atoms with E-state index < -0.39 is 0 Å². The molecule has 0 aliphatic carbocycles. The van der Waals surface area contributed by atoms with Crippen molar-refractivity contribution in [1.82, 2.24) is 14.9 Å². The predicted octanol–water partition coefficient (Wildman–Crippen LogP) is 4.72. The highest BCUT2D eigenvalue weighted by Crippen LogP contribution is 2.19. The zero-order valence-corrected chi connectivity index (χ0v) is 16.0. The second kappa shape index (κ2) is 10.9. The zero-order chi connectivity index (χ0) is 17.3. The van der Waals surface area contributed by atoms with Gasteiger partial charge < -0.3 is 14.6 Å². The first-order chi connectivity index (χ1) is 12.3. The first-order valence-corrected chi connectivity index (χ1v) is 8.81. The SMILES string of the molecule is Cl.Clc1ccccc1COc1ccc(CNCCCn2ccnc2)cc1. The van der Waals surface area contributed by atoms with Gasteiger partial charge in [0.25, 0.3) is 0 Å². The van der Waals surface area contributed by atoms with Gasteiger partial charge in [0.2, 0.25) is 0 Å². The van der Waals surface area contributed by atoms with E-state index >= 15 is 0 Å². The Labute approximate surface area is 165 Å². The number of nitrogens with one attached hydrogen (secondary N) is 1. The van der Waals surface area contributed by atoms with Gasteiger partial charge in [-0.1, -0.05) is 41.9 Å². The summed E-state index contributed by atoms with van der Waals surface area (Å²) in [7, 11) is 0. The molecule has 1 aromatic heterocycles. The highest BCUT2D eigenvalue weighted by atomic mass is 35.5. The van der Waals surface area contributed by atoms with Gasteiger partial charge in [-0.05, 0) is 36.7 Å². The van der Waals surface area contributed by atoms with E-state index in [2.05, 4.69) is 27.0 Å². The fraction of sp³-hybridized carbons (Fsp3) is 0.250. The maximum atomic E-state index is 6.14. The average Bonchev–Trinajstić information content (AvgIpc) is 3.15. The minimum atomic E-state index is 0. The van der Waals surface area contributed by atoms with Gasteiger partial charge >= 0.3 is 0 Å². The largest absolute Gasteiger partial charge is 0.489 e. The second-order valence-corrected chi connectivity index (χ2v) is 6.26. The quantitative estimate of drug-likeness (QED) is 0.536. The molecular formula is C20H23Cl2N3O. The second-order valence-electron chi connectivity index (χ2n) is 5.85. The Morgan fingerprint density at radius 3 is 2.62 bits per heavy atom. The number of benzene rings is 2. The third-order valence-electron chi connectivity index (χ3n) is 3.93. The predicted molar refractivity (Wildman–Crippen MR) is 108 cm³/mol. The molecule has 0 fully saturated rings. The van der Waals surface area contributed by atoms with Gasteiger partial charge in [-0.2, -0.15) is 0 Å². The molecule has 0 saturated heterocycles. The molecule has 138 valence electrons. The number of imidazole rings is 1. The van der Waals surface area contributed by atoms with Crippen LogP contribution < -0.4 is 10.1 Å². The molecule has 0 atom stereocenters.